The number of esters is 1. The standard InChI is InChI=1S/C9H14INO5/c1-14-9(13)6(10)4-11-8(12)7-5-15-2-3-16-7/h6-7H,2-5H2,1H3,(H,11,12). The minimum Gasteiger partial charge on any atom is -0.468 e. The van der Waals surface area contributed by atoms with Crippen molar-refractivity contribution in [2.45, 2.75) is 10.0 Å². The number of nitrogens with one attached hydrogen (secondary N) is 1. The fourth-order valence-electron chi connectivity index (χ4n) is 1.15. The van der Waals surface area contributed by atoms with E-state index in [1.807, 2.05) is 22.6 Å². The number of amides is 1. The number of ether oxygens (including phenoxy) is 3. The molecule has 1 amide bonds. The molecule has 0 aromatic carbocycles. The third-order valence-corrected chi connectivity index (χ3v) is 2.97. The van der Waals surface area contributed by atoms with E-state index in [-0.39, 0.29) is 25.0 Å². The second-order valence-corrected chi connectivity index (χ2v) is 4.67. The van der Waals surface area contributed by atoms with Crippen molar-refractivity contribution >= 4 is 34.5 Å². The molecule has 1 N–H and O–H groups in total. The van der Waals surface area contributed by atoms with Gasteiger partial charge in [0, 0.05) is 6.54 Å². The highest BCUT2D eigenvalue weighted by molar-refractivity contribution is 14.1. The maximum atomic E-state index is 11.5. The topological polar surface area (TPSA) is 73.9 Å². The molecule has 0 bridgehead atoms. The molecule has 6 nitrogen and oxygen atoms in total. The summed E-state index contributed by atoms with van der Waals surface area (Å²) in [6, 6.07) is 0. The van der Waals surface area contributed by atoms with Gasteiger partial charge in [-0.1, -0.05) is 22.6 Å². The summed E-state index contributed by atoms with van der Waals surface area (Å²) < 4.78 is 14.4. The predicted octanol–water partition coefficient (Wildman–Crippen LogP) is -0.505. The molecular formula is C9H14INO5. The van der Waals surface area contributed by atoms with Crippen LogP contribution in [0.25, 0.3) is 0 Å². The van der Waals surface area contributed by atoms with Crippen LogP contribution in [0.1, 0.15) is 0 Å². The highest BCUT2D eigenvalue weighted by Gasteiger charge is 2.24. The molecule has 1 fully saturated rings. The Kier molecular flexibility index (Phi) is 5.99. The third kappa shape index (κ3) is 4.22. The first kappa shape index (κ1) is 13.7. The molecule has 0 aliphatic carbocycles. The van der Waals surface area contributed by atoms with Gasteiger partial charge in [0.1, 0.15) is 3.92 Å². The highest BCUT2D eigenvalue weighted by Crippen LogP contribution is 2.03. The van der Waals surface area contributed by atoms with Crippen LogP contribution >= 0.6 is 22.6 Å². The van der Waals surface area contributed by atoms with Gasteiger partial charge in [-0.15, -0.1) is 0 Å². The minimum atomic E-state index is -0.574. The minimum absolute atomic E-state index is 0.228. The number of methoxy groups -OCH3 is 1. The Bertz CT molecular complexity index is 254. The van der Waals surface area contributed by atoms with Gasteiger partial charge in [0.05, 0.1) is 26.9 Å². The molecule has 0 spiro atoms. The lowest BCUT2D eigenvalue weighted by Gasteiger charge is -2.22. The molecule has 1 aliphatic rings. The SMILES string of the molecule is COC(=O)C(I)CNC(=O)C1COCCO1. The maximum absolute atomic E-state index is 11.5. The molecule has 7 heteroatoms. The zero-order valence-corrected chi connectivity index (χ0v) is 11.1. The van der Waals surface area contributed by atoms with Gasteiger partial charge in [-0.3, -0.25) is 9.59 Å². The maximum Gasteiger partial charge on any atom is 0.320 e. The van der Waals surface area contributed by atoms with Gasteiger partial charge in [-0.2, -0.15) is 0 Å². The molecular weight excluding hydrogens is 329 g/mol. The van der Waals surface area contributed by atoms with Gasteiger partial charge in [0.15, 0.2) is 6.10 Å². The first-order chi connectivity index (χ1) is 7.65. The van der Waals surface area contributed by atoms with Crippen molar-refractivity contribution in [2.75, 3.05) is 33.5 Å². The summed E-state index contributed by atoms with van der Waals surface area (Å²) in [6.07, 6.45) is -0.574. The molecule has 0 radical (unpaired) electrons. The molecule has 0 saturated carbocycles. The van der Waals surface area contributed by atoms with E-state index in [0.29, 0.717) is 13.2 Å². The molecule has 0 aromatic heterocycles. The highest BCUT2D eigenvalue weighted by atomic mass is 127. The van der Waals surface area contributed by atoms with Crippen molar-refractivity contribution in [3.05, 3.63) is 0 Å². The second kappa shape index (κ2) is 7.02. The van der Waals surface area contributed by atoms with E-state index >= 15 is 0 Å². The lowest BCUT2D eigenvalue weighted by atomic mass is 10.3. The zero-order chi connectivity index (χ0) is 12.0. The summed E-state index contributed by atoms with van der Waals surface area (Å²) in [5.41, 5.74) is 0. The summed E-state index contributed by atoms with van der Waals surface area (Å²) in [7, 11) is 1.31. The average molecular weight is 343 g/mol. The van der Waals surface area contributed by atoms with Crippen LogP contribution in [-0.2, 0) is 23.8 Å². The normalized spacial score (nSPS) is 22.2. The number of carbonyl (C=O) groups excluding carboxylic acids is 2. The Morgan fingerprint density at radius 1 is 1.56 bits per heavy atom. The summed E-state index contributed by atoms with van der Waals surface area (Å²) in [5.74, 6) is -0.619. The van der Waals surface area contributed by atoms with Crippen molar-refractivity contribution in [1.29, 1.82) is 0 Å². The molecule has 2 atom stereocenters. The smallest absolute Gasteiger partial charge is 0.320 e. The van der Waals surface area contributed by atoms with E-state index in [4.69, 9.17) is 9.47 Å². The number of hydrogen-bond donors (Lipinski definition) is 1. The first-order valence-corrected chi connectivity index (χ1v) is 6.08. The first-order valence-electron chi connectivity index (χ1n) is 4.84. The Morgan fingerprint density at radius 3 is 2.88 bits per heavy atom. The summed E-state index contributed by atoms with van der Waals surface area (Å²) in [6.45, 7) is 1.42. The molecule has 1 aliphatic heterocycles. The number of halogens is 1. The molecule has 16 heavy (non-hydrogen) atoms. The summed E-state index contributed by atoms with van der Waals surface area (Å²) >= 11 is 1.91. The Labute approximate surface area is 107 Å². The Morgan fingerprint density at radius 2 is 2.31 bits per heavy atom. The van der Waals surface area contributed by atoms with Crippen molar-refractivity contribution in [2.24, 2.45) is 0 Å². The fourth-order valence-corrected chi connectivity index (χ4v) is 1.63. The van der Waals surface area contributed by atoms with E-state index < -0.39 is 10.0 Å². The van der Waals surface area contributed by atoms with Crippen LogP contribution in [0.5, 0.6) is 0 Å². The molecule has 2 unspecified atom stereocenters. The quantitative estimate of drug-likeness (QED) is 0.423. The van der Waals surface area contributed by atoms with E-state index in [9.17, 15) is 9.59 Å². The molecule has 92 valence electrons. The molecule has 0 aromatic rings. The second-order valence-electron chi connectivity index (χ2n) is 3.17. The van der Waals surface area contributed by atoms with E-state index in [2.05, 4.69) is 10.1 Å². The number of rotatable bonds is 4. The van der Waals surface area contributed by atoms with Crippen LogP contribution in [0.3, 0.4) is 0 Å². The summed E-state index contributed by atoms with van der Waals surface area (Å²) in [5, 5.41) is 2.62. The third-order valence-electron chi connectivity index (χ3n) is 2.02. The lowest BCUT2D eigenvalue weighted by Crippen LogP contribution is -2.45. The van der Waals surface area contributed by atoms with Gasteiger partial charge < -0.3 is 19.5 Å². The Hall–Kier alpha value is -0.410. The number of hydrogen-bond acceptors (Lipinski definition) is 5. The lowest BCUT2D eigenvalue weighted by molar-refractivity contribution is -0.147. The van der Waals surface area contributed by atoms with E-state index in [1.165, 1.54) is 7.11 Å². The predicted molar refractivity (Wildman–Crippen MR) is 63.4 cm³/mol. The molecule has 1 heterocycles. The van der Waals surface area contributed by atoms with Crippen molar-refractivity contribution < 1.29 is 23.8 Å². The van der Waals surface area contributed by atoms with Gasteiger partial charge >= 0.3 is 5.97 Å². The van der Waals surface area contributed by atoms with Gasteiger partial charge in [0.2, 0.25) is 0 Å². The Balaban J connectivity index is 2.26. The summed E-state index contributed by atoms with van der Waals surface area (Å²) in [4.78, 5) is 22.6. The van der Waals surface area contributed by atoms with E-state index in [0.717, 1.165) is 0 Å². The molecule has 1 rings (SSSR count). The monoisotopic (exact) mass is 343 g/mol. The van der Waals surface area contributed by atoms with Crippen molar-refractivity contribution in [3.63, 3.8) is 0 Å². The van der Waals surface area contributed by atoms with Crippen LogP contribution < -0.4 is 5.32 Å². The van der Waals surface area contributed by atoms with Gasteiger partial charge in [-0.05, 0) is 0 Å². The van der Waals surface area contributed by atoms with Crippen LogP contribution in [0.4, 0.5) is 0 Å². The van der Waals surface area contributed by atoms with Crippen LogP contribution in [0, 0.1) is 0 Å². The largest absolute Gasteiger partial charge is 0.468 e. The van der Waals surface area contributed by atoms with E-state index in [1.54, 1.807) is 0 Å². The average Bonchev–Trinajstić information content (AvgIpc) is 2.35. The fraction of sp³-hybridized carbons (Fsp3) is 0.778. The van der Waals surface area contributed by atoms with Crippen LogP contribution in [0.15, 0.2) is 0 Å². The van der Waals surface area contributed by atoms with Crippen LogP contribution in [0.2, 0.25) is 0 Å². The zero-order valence-electron chi connectivity index (χ0n) is 8.90. The van der Waals surface area contributed by atoms with Gasteiger partial charge in [-0.25, -0.2) is 0 Å². The van der Waals surface area contributed by atoms with Crippen LogP contribution in [-0.4, -0.2) is 55.4 Å². The van der Waals surface area contributed by atoms with Crippen molar-refractivity contribution in [3.8, 4) is 0 Å². The van der Waals surface area contributed by atoms with Gasteiger partial charge in [0.25, 0.3) is 5.91 Å². The number of carbonyl (C=O) groups is 2. The molecule has 1 saturated heterocycles. The number of alkyl halides is 1. The van der Waals surface area contributed by atoms with Crippen molar-refractivity contribution in [1.82, 2.24) is 5.32 Å².